The molecule has 4 heteroatoms. The Bertz CT molecular complexity index is 273. The smallest absolute Gasteiger partial charge is 0.246 e. The van der Waals surface area contributed by atoms with Crippen LogP contribution in [0.3, 0.4) is 0 Å². The fourth-order valence-electron chi connectivity index (χ4n) is 0.693. The van der Waals surface area contributed by atoms with Crippen molar-refractivity contribution in [3.05, 3.63) is 24.6 Å². The summed E-state index contributed by atoms with van der Waals surface area (Å²) in [6, 6.07) is 0. The molecule has 0 aliphatic carbocycles. The first-order chi connectivity index (χ1) is 4.97. The molecule has 2 rings (SSSR count). The van der Waals surface area contributed by atoms with E-state index in [0.717, 1.165) is 0 Å². The van der Waals surface area contributed by atoms with Gasteiger partial charge in [-0.15, -0.1) is 0 Å². The van der Waals surface area contributed by atoms with Crippen LogP contribution in [-0.2, 0) is 0 Å². The molecule has 0 saturated heterocycles. The molecule has 1 aromatic rings. The van der Waals surface area contributed by atoms with Crippen molar-refractivity contribution < 1.29 is 4.42 Å². The maximum atomic E-state index is 4.96. The van der Waals surface area contributed by atoms with Gasteiger partial charge in [-0.25, -0.2) is 15.3 Å². The standard InChI is InChI=1S/C6H4N3O/c1-2-10-6(8-1)5-3-7-4-9-5/h1-4H. The van der Waals surface area contributed by atoms with Crippen molar-refractivity contribution >= 4 is 12.0 Å². The number of aromatic nitrogens is 1. The van der Waals surface area contributed by atoms with E-state index >= 15 is 0 Å². The molecule has 0 unspecified atom stereocenters. The highest BCUT2D eigenvalue weighted by atomic mass is 16.3. The predicted molar refractivity (Wildman–Crippen MR) is 35.1 cm³/mol. The summed E-state index contributed by atoms with van der Waals surface area (Å²) >= 11 is 0. The zero-order valence-electron chi connectivity index (χ0n) is 5.06. The highest BCUT2D eigenvalue weighted by Gasteiger charge is 2.06. The molecule has 0 aromatic carbocycles. The van der Waals surface area contributed by atoms with Gasteiger partial charge in [0.15, 0.2) is 0 Å². The molecule has 0 bridgehead atoms. The van der Waals surface area contributed by atoms with Gasteiger partial charge < -0.3 is 4.42 Å². The molecular formula is C6H4N3O. The van der Waals surface area contributed by atoms with Crippen molar-refractivity contribution in [2.75, 3.05) is 0 Å². The maximum Gasteiger partial charge on any atom is 0.246 e. The topological polar surface area (TPSA) is 52.5 Å². The zero-order valence-corrected chi connectivity index (χ0v) is 5.06. The fourth-order valence-corrected chi connectivity index (χ4v) is 0.693. The maximum absolute atomic E-state index is 4.96. The molecule has 0 saturated carbocycles. The molecule has 2 heterocycles. The van der Waals surface area contributed by atoms with Crippen molar-refractivity contribution in [3.63, 3.8) is 0 Å². The van der Waals surface area contributed by atoms with E-state index in [-0.39, 0.29) is 0 Å². The lowest BCUT2D eigenvalue weighted by Crippen LogP contribution is -1.80. The van der Waals surface area contributed by atoms with Crippen LogP contribution in [0.25, 0.3) is 5.70 Å². The SMILES string of the molecule is C1=NC(c2ncco2)=C[N]1. The van der Waals surface area contributed by atoms with E-state index in [1.165, 1.54) is 12.6 Å². The van der Waals surface area contributed by atoms with E-state index in [1.807, 2.05) is 0 Å². The quantitative estimate of drug-likeness (QED) is 0.565. The van der Waals surface area contributed by atoms with Gasteiger partial charge in [0.05, 0.1) is 12.4 Å². The molecule has 0 atom stereocenters. The fraction of sp³-hybridized carbons (Fsp3) is 0. The lowest BCUT2D eigenvalue weighted by molar-refractivity contribution is 0.541. The Kier molecular flexibility index (Phi) is 1.04. The van der Waals surface area contributed by atoms with E-state index in [9.17, 15) is 0 Å². The van der Waals surface area contributed by atoms with E-state index in [4.69, 9.17) is 4.42 Å². The minimum absolute atomic E-state index is 0.512. The minimum Gasteiger partial charge on any atom is -0.443 e. The Morgan fingerprint density at radius 1 is 1.40 bits per heavy atom. The monoisotopic (exact) mass is 134 g/mol. The van der Waals surface area contributed by atoms with E-state index in [0.29, 0.717) is 11.6 Å². The Labute approximate surface area is 57.3 Å². The Hall–Kier alpha value is -1.58. The number of rotatable bonds is 1. The predicted octanol–water partition coefficient (Wildman–Crippen LogP) is 0.619. The third kappa shape index (κ3) is 0.699. The number of nitrogens with zero attached hydrogens (tertiary/aromatic N) is 3. The van der Waals surface area contributed by atoms with Crippen LogP contribution in [0.2, 0.25) is 0 Å². The summed E-state index contributed by atoms with van der Waals surface area (Å²) in [5.74, 6) is 0.512. The largest absolute Gasteiger partial charge is 0.443 e. The molecule has 49 valence electrons. The van der Waals surface area contributed by atoms with Gasteiger partial charge in [-0.3, -0.25) is 0 Å². The van der Waals surface area contributed by atoms with Gasteiger partial charge in [0.2, 0.25) is 5.89 Å². The molecule has 1 radical (unpaired) electrons. The van der Waals surface area contributed by atoms with Crippen LogP contribution in [0.1, 0.15) is 5.89 Å². The summed E-state index contributed by atoms with van der Waals surface area (Å²) in [5.41, 5.74) is 0.671. The van der Waals surface area contributed by atoms with E-state index < -0.39 is 0 Å². The van der Waals surface area contributed by atoms with Crippen LogP contribution in [-0.4, -0.2) is 11.3 Å². The minimum atomic E-state index is 0.512. The molecule has 1 aromatic heterocycles. The summed E-state index contributed by atoms with van der Waals surface area (Å²) < 4.78 is 4.96. The molecule has 0 N–H and O–H groups in total. The first kappa shape index (κ1) is 5.22. The van der Waals surface area contributed by atoms with Gasteiger partial charge in [0.1, 0.15) is 18.3 Å². The summed E-state index contributed by atoms with van der Waals surface area (Å²) in [7, 11) is 0. The van der Waals surface area contributed by atoms with Crippen molar-refractivity contribution in [1.82, 2.24) is 10.3 Å². The van der Waals surface area contributed by atoms with Crippen LogP contribution in [0, 0.1) is 0 Å². The molecular weight excluding hydrogens is 130 g/mol. The van der Waals surface area contributed by atoms with Gasteiger partial charge in [-0.2, -0.15) is 0 Å². The lowest BCUT2D eigenvalue weighted by atomic mass is 10.5. The normalized spacial score (nSPS) is 15.0. The third-order valence-corrected chi connectivity index (χ3v) is 1.11. The average Bonchev–Trinajstić information content (AvgIpc) is 2.59. The first-order valence-electron chi connectivity index (χ1n) is 2.79. The molecule has 1 aliphatic heterocycles. The lowest BCUT2D eigenvalue weighted by Gasteiger charge is -1.84. The Balaban J connectivity index is 2.36. The molecule has 10 heavy (non-hydrogen) atoms. The summed E-state index contributed by atoms with van der Waals surface area (Å²) in [5, 5.41) is 3.77. The molecule has 1 aliphatic rings. The van der Waals surface area contributed by atoms with Crippen LogP contribution in [0.5, 0.6) is 0 Å². The van der Waals surface area contributed by atoms with Crippen LogP contribution < -0.4 is 5.32 Å². The third-order valence-electron chi connectivity index (χ3n) is 1.11. The highest BCUT2D eigenvalue weighted by Crippen LogP contribution is 2.13. The van der Waals surface area contributed by atoms with Crippen molar-refractivity contribution in [2.24, 2.45) is 4.99 Å². The van der Waals surface area contributed by atoms with E-state index in [2.05, 4.69) is 15.3 Å². The van der Waals surface area contributed by atoms with Gasteiger partial charge in [0, 0.05) is 0 Å². The van der Waals surface area contributed by atoms with Gasteiger partial charge in [0.25, 0.3) is 0 Å². The van der Waals surface area contributed by atoms with Crippen molar-refractivity contribution in [3.8, 4) is 0 Å². The van der Waals surface area contributed by atoms with Gasteiger partial charge in [-0.1, -0.05) is 0 Å². The number of aliphatic imine (C=N–C) groups is 1. The molecule has 0 fully saturated rings. The number of hydrogen-bond donors (Lipinski definition) is 0. The summed E-state index contributed by atoms with van der Waals surface area (Å²) in [6.45, 7) is 0. The Morgan fingerprint density at radius 2 is 2.40 bits per heavy atom. The summed E-state index contributed by atoms with van der Waals surface area (Å²) in [6.07, 6.45) is 6.14. The second-order valence-electron chi connectivity index (χ2n) is 1.75. The van der Waals surface area contributed by atoms with Gasteiger partial charge >= 0.3 is 0 Å². The van der Waals surface area contributed by atoms with E-state index in [1.54, 1.807) is 12.4 Å². The van der Waals surface area contributed by atoms with Crippen LogP contribution in [0.4, 0.5) is 0 Å². The van der Waals surface area contributed by atoms with Crippen LogP contribution in [0.15, 0.2) is 28.1 Å². The second-order valence-corrected chi connectivity index (χ2v) is 1.75. The Morgan fingerprint density at radius 3 is 3.00 bits per heavy atom. The van der Waals surface area contributed by atoms with Crippen molar-refractivity contribution in [1.29, 1.82) is 0 Å². The molecule has 4 nitrogen and oxygen atoms in total. The second kappa shape index (κ2) is 1.98. The average molecular weight is 134 g/mol. The summed E-state index contributed by atoms with van der Waals surface area (Å²) in [4.78, 5) is 7.78. The zero-order chi connectivity index (χ0) is 6.81. The highest BCUT2D eigenvalue weighted by molar-refractivity contribution is 5.75. The van der Waals surface area contributed by atoms with Crippen molar-refractivity contribution in [2.45, 2.75) is 0 Å². The number of oxazole rings is 1. The molecule has 0 amide bonds. The first-order valence-corrected chi connectivity index (χ1v) is 2.79. The number of hydrogen-bond acceptors (Lipinski definition) is 3. The molecule has 0 spiro atoms. The van der Waals surface area contributed by atoms with Crippen LogP contribution >= 0.6 is 0 Å². The van der Waals surface area contributed by atoms with Gasteiger partial charge in [-0.05, 0) is 0 Å².